The normalized spacial score (nSPS) is 21.5. The summed E-state index contributed by atoms with van der Waals surface area (Å²) in [6, 6.07) is 7.58. The van der Waals surface area contributed by atoms with Crippen LogP contribution in [0.5, 0.6) is 0 Å². The van der Waals surface area contributed by atoms with Crippen molar-refractivity contribution in [1.82, 2.24) is 5.32 Å². The third kappa shape index (κ3) is 3.31. The zero-order valence-electron chi connectivity index (χ0n) is 9.01. The molecule has 1 aliphatic heterocycles. The minimum absolute atomic E-state index is 0.121. The fourth-order valence-electron chi connectivity index (χ4n) is 2.20. The first-order chi connectivity index (χ1) is 7.34. The number of halogens is 1. The molecule has 1 aliphatic rings. The van der Waals surface area contributed by atoms with Crippen LogP contribution in [-0.4, -0.2) is 12.6 Å². The molecule has 1 atom stereocenters. The maximum absolute atomic E-state index is 12.9. The Bertz CT molecular complexity index is 305. The van der Waals surface area contributed by atoms with Crippen LogP contribution in [0.3, 0.4) is 0 Å². The van der Waals surface area contributed by atoms with Crippen LogP contribution in [0.4, 0.5) is 4.39 Å². The van der Waals surface area contributed by atoms with Gasteiger partial charge in [0, 0.05) is 6.04 Å². The molecular weight excluding hydrogens is 189 g/mol. The molecule has 0 unspecified atom stereocenters. The van der Waals surface area contributed by atoms with E-state index in [0.29, 0.717) is 6.04 Å². The molecule has 1 fully saturated rings. The predicted molar refractivity (Wildman–Crippen MR) is 60.4 cm³/mol. The molecule has 0 spiro atoms. The number of nitrogens with one attached hydrogen (secondary N) is 1. The highest BCUT2D eigenvalue weighted by Crippen LogP contribution is 2.13. The molecule has 0 bridgehead atoms. The Hall–Kier alpha value is -0.890. The second-order valence-corrected chi connectivity index (χ2v) is 4.32. The van der Waals surface area contributed by atoms with E-state index in [1.165, 1.54) is 25.3 Å². The monoisotopic (exact) mass is 207 g/mol. The van der Waals surface area contributed by atoms with Crippen molar-refractivity contribution in [3.8, 4) is 0 Å². The molecule has 0 aliphatic carbocycles. The van der Waals surface area contributed by atoms with Crippen molar-refractivity contribution in [2.75, 3.05) is 6.54 Å². The van der Waals surface area contributed by atoms with E-state index in [1.807, 2.05) is 6.07 Å². The summed E-state index contributed by atoms with van der Waals surface area (Å²) in [5, 5.41) is 3.51. The maximum atomic E-state index is 12.9. The lowest BCUT2D eigenvalue weighted by Crippen LogP contribution is -2.34. The summed E-state index contributed by atoms with van der Waals surface area (Å²) >= 11 is 0. The molecule has 0 saturated carbocycles. The van der Waals surface area contributed by atoms with Crippen LogP contribution in [0, 0.1) is 5.82 Å². The molecule has 2 heteroatoms. The van der Waals surface area contributed by atoms with E-state index in [1.54, 1.807) is 12.1 Å². The van der Waals surface area contributed by atoms with Crippen LogP contribution in [-0.2, 0) is 6.42 Å². The van der Waals surface area contributed by atoms with Crippen molar-refractivity contribution in [3.63, 3.8) is 0 Å². The van der Waals surface area contributed by atoms with Crippen LogP contribution in [0.1, 0.15) is 31.2 Å². The largest absolute Gasteiger partial charge is 0.314 e. The molecular formula is C13H18FN. The summed E-state index contributed by atoms with van der Waals surface area (Å²) in [6.07, 6.45) is 6.02. The molecule has 0 radical (unpaired) electrons. The van der Waals surface area contributed by atoms with Gasteiger partial charge in [0.25, 0.3) is 0 Å². The van der Waals surface area contributed by atoms with Gasteiger partial charge in [-0.2, -0.15) is 0 Å². The Morgan fingerprint density at radius 2 is 2.27 bits per heavy atom. The van der Waals surface area contributed by atoms with E-state index in [0.717, 1.165) is 24.9 Å². The van der Waals surface area contributed by atoms with Crippen LogP contribution in [0.25, 0.3) is 0 Å². The summed E-state index contributed by atoms with van der Waals surface area (Å²) in [4.78, 5) is 0. The van der Waals surface area contributed by atoms with Crippen molar-refractivity contribution in [3.05, 3.63) is 35.6 Å². The number of rotatable bonds is 3. The first-order valence-electron chi connectivity index (χ1n) is 5.82. The van der Waals surface area contributed by atoms with Gasteiger partial charge in [-0.25, -0.2) is 4.39 Å². The van der Waals surface area contributed by atoms with Crippen molar-refractivity contribution < 1.29 is 4.39 Å². The Kier molecular flexibility index (Phi) is 3.73. The van der Waals surface area contributed by atoms with Crippen molar-refractivity contribution in [2.24, 2.45) is 0 Å². The summed E-state index contributed by atoms with van der Waals surface area (Å²) in [5.74, 6) is -0.121. The fraction of sp³-hybridized carbons (Fsp3) is 0.538. The summed E-state index contributed by atoms with van der Waals surface area (Å²) in [5.41, 5.74) is 1.11. The quantitative estimate of drug-likeness (QED) is 0.803. The predicted octanol–water partition coefficient (Wildman–Crippen LogP) is 2.90. The van der Waals surface area contributed by atoms with Crippen LogP contribution in [0.15, 0.2) is 24.3 Å². The molecule has 0 aromatic heterocycles. The van der Waals surface area contributed by atoms with E-state index in [-0.39, 0.29) is 5.82 Å². The van der Waals surface area contributed by atoms with Gasteiger partial charge in [-0.05, 0) is 49.9 Å². The van der Waals surface area contributed by atoms with Crippen LogP contribution >= 0.6 is 0 Å². The van der Waals surface area contributed by atoms with Crippen LogP contribution < -0.4 is 5.32 Å². The van der Waals surface area contributed by atoms with Crippen molar-refractivity contribution >= 4 is 0 Å². The van der Waals surface area contributed by atoms with Crippen LogP contribution in [0.2, 0.25) is 0 Å². The highest BCUT2D eigenvalue weighted by molar-refractivity contribution is 5.16. The van der Waals surface area contributed by atoms with Gasteiger partial charge in [0.05, 0.1) is 0 Å². The fourth-order valence-corrected chi connectivity index (χ4v) is 2.20. The van der Waals surface area contributed by atoms with E-state index in [2.05, 4.69) is 5.32 Å². The average Bonchev–Trinajstić information content (AvgIpc) is 2.28. The third-order valence-corrected chi connectivity index (χ3v) is 3.08. The first kappa shape index (κ1) is 10.6. The van der Waals surface area contributed by atoms with E-state index in [4.69, 9.17) is 0 Å². The number of hydrogen-bond acceptors (Lipinski definition) is 1. The van der Waals surface area contributed by atoms with Gasteiger partial charge in [-0.1, -0.05) is 18.6 Å². The van der Waals surface area contributed by atoms with E-state index in [9.17, 15) is 4.39 Å². The van der Waals surface area contributed by atoms with E-state index >= 15 is 0 Å². The molecule has 1 nitrogen and oxygen atoms in total. The smallest absolute Gasteiger partial charge is 0.123 e. The molecule has 2 rings (SSSR count). The Balaban J connectivity index is 1.81. The number of aryl methyl sites for hydroxylation is 1. The molecule has 1 aromatic carbocycles. The van der Waals surface area contributed by atoms with Gasteiger partial charge in [-0.15, -0.1) is 0 Å². The highest BCUT2D eigenvalue weighted by Gasteiger charge is 2.11. The summed E-state index contributed by atoms with van der Waals surface area (Å²) < 4.78 is 12.9. The Morgan fingerprint density at radius 3 is 3.00 bits per heavy atom. The maximum Gasteiger partial charge on any atom is 0.123 e. The number of piperidine rings is 1. The minimum Gasteiger partial charge on any atom is -0.314 e. The molecule has 1 aromatic rings. The minimum atomic E-state index is -0.121. The second kappa shape index (κ2) is 5.26. The Morgan fingerprint density at radius 1 is 1.33 bits per heavy atom. The lowest BCUT2D eigenvalue weighted by molar-refractivity contribution is 0.382. The van der Waals surface area contributed by atoms with Gasteiger partial charge in [0.1, 0.15) is 5.82 Å². The molecule has 15 heavy (non-hydrogen) atoms. The lowest BCUT2D eigenvalue weighted by atomic mass is 9.98. The summed E-state index contributed by atoms with van der Waals surface area (Å²) in [7, 11) is 0. The highest BCUT2D eigenvalue weighted by atomic mass is 19.1. The van der Waals surface area contributed by atoms with Gasteiger partial charge >= 0.3 is 0 Å². The zero-order chi connectivity index (χ0) is 10.5. The Labute approximate surface area is 90.7 Å². The first-order valence-corrected chi connectivity index (χ1v) is 5.82. The van der Waals surface area contributed by atoms with Gasteiger partial charge in [-0.3, -0.25) is 0 Å². The van der Waals surface area contributed by atoms with Crippen molar-refractivity contribution in [1.29, 1.82) is 0 Å². The van der Waals surface area contributed by atoms with Gasteiger partial charge in [0.2, 0.25) is 0 Å². The zero-order valence-corrected chi connectivity index (χ0v) is 9.01. The summed E-state index contributed by atoms with van der Waals surface area (Å²) in [6.45, 7) is 1.15. The topological polar surface area (TPSA) is 12.0 Å². The standard InChI is InChI=1S/C13H18FN/c14-12-5-3-4-11(10-12)7-8-13-6-1-2-9-15-13/h3-5,10,13,15H,1-2,6-9H2/t13-/m0/s1. The molecule has 1 N–H and O–H groups in total. The SMILES string of the molecule is Fc1cccc(CC[C@@H]2CCCCN2)c1. The van der Waals surface area contributed by atoms with Crippen molar-refractivity contribution in [2.45, 2.75) is 38.1 Å². The average molecular weight is 207 g/mol. The lowest BCUT2D eigenvalue weighted by Gasteiger charge is -2.23. The second-order valence-electron chi connectivity index (χ2n) is 4.32. The number of hydrogen-bond donors (Lipinski definition) is 1. The molecule has 0 amide bonds. The molecule has 1 heterocycles. The van der Waals surface area contributed by atoms with Gasteiger partial charge < -0.3 is 5.32 Å². The molecule has 82 valence electrons. The third-order valence-electron chi connectivity index (χ3n) is 3.08. The molecule has 1 saturated heterocycles. The number of benzene rings is 1. The van der Waals surface area contributed by atoms with Gasteiger partial charge in [0.15, 0.2) is 0 Å². The van der Waals surface area contributed by atoms with E-state index < -0.39 is 0 Å².